The second-order valence-corrected chi connectivity index (χ2v) is 7.60. The van der Waals surface area contributed by atoms with Gasteiger partial charge in [0.25, 0.3) is 5.91 Å². The zero-order chi connectivity index (χ0) is 21.3. The Morgan fingerprint density at radius 1 is 1.20 bits per heavy atom. The molecule has 158 valence electrons. The van der Waals surface area contributed by atoms with Crippen LogP contribution in [0.2, 0.25) is 0 Å². The quantitative estimate of drug-likeness (QED) is 0.504. The maximum atomic E-state index is 13.8. The molecule has 0 spiro atoms. The smallest absolute Gasteiger partial charge is 0.251 e. The number of carbonyl (C=O) groups excluding carboxylic acids is 1. The maximum Gasteiger partial charge on any atom is 0.251 e. The van der Waals surface area contributed by atoms with Gasteiger partial charge in [-0.3, -0.25) is 4.79 Å². The summed E-state index contributed by atoms with van der Waals surface area (Å²) in [5, 5.41) is 6.96. The van der Waals surface area contributed by atoms with Crippen molar-refractivity contribution in [1.29, 1.82) is 0 Å². The molecule has 6 nitrogen and oxygen atoms in total. The Morgan fingerprint density at radius 2 is 1.97 bits per heavy atom. The monoisotopic (exact) mass is 428 g/mol. The van der Waals surface area contributed by atoms with Gasteiger partial charge in [0.2, 0.25) is 5.13 Å². The number of halogens is 1. The van der Waals surface area contributed by atoms with Crippen molar-refractivity contribution in [3.05, 3.63) is 71.3 Å². The number of anilines is 1. The molecular weight excluding hydrogens is 403 g/mol. The molecule has 0 aliphatic heterocycles. The van der Waals surface area contributed by atoms with Crippen LogP contribution in [0.1, 0.15) is 41.5 Å². The predicted octanol–water partition coefficient (Wildman–Crippen LogP) is 4.29. The highest BCUT2D eigenvalue weighted by Crippen LogP contribution is 2.17. The number of nitrogens with one attached hydrogen (secondary N) is 2. The van der Waals surface area contributed by atoms with Crippen molar-refractivity contribution in [1.82, 2.24) is 14.7 Å². The molecule has 3 aromatic rings. The number of nitrogens with zero attached hydrogens (tertiary/aromatic N) is 2. The van der Waals surface area contributed by atoms with Gasteiger partial charge in [-0.1, -0.05) is 31.5 Å². The zero-order valence-electron chi connectivity index (χ0n) is 17.0. The lowest BCUT2D eigenvalue weighted by atomic mass is 10.1. The van der Waals surface area contributed by atoms with Gasteiger partial charge in [0.15, 0.2) is 0 Å². The minimum atomic E-state index is -0.258. The number of amides is 1. The Labute approximate surface area is 179 Å². The van der Waals surface area contributed by atoms with Crippen LogP contribution in [0.3, 0.4) is 0 Å². The molecule has 3 rings (SSSR count). The Hall–Kier alpha value is -3.00. The van der Waals surface area contributed by atoms with Gasteiger partial charge >= 0.3 is 0 Å². The second kappa shape index (κ2) is 10.7. The largest absolute Gasteiger partial charge is 0.497 e. The molecule has 8 heteroatoms. The molecule has 1 atom stereocenters. The molecule has 1 amide bonds. The highest BCUT2D eigenvalue weighted by Gasteiger charge is 2.15. The summed E-state index contributed by atoms with van der Waals surface area (Å²) in [5.74, 6) is 0.893. The second-order valence-electron chi connectivity index (χ2n) is 6.85. The SMILES string of the molecule is CCCC(CNc1nc(Cc2ccccc2F)ns1)NC(=O)c1ccc(OC)cc1. The Kier molecular flexibility index (Phi) is 7.73. The molecule has 0 saturated carbocycles. The fourth-order valence-electron chi connectivity index (χ4n) is 3.01. The van der Waals surface area contributed by atoms with Crippen molar-refractivity contribution in [2.24, 2.45) is 0 Å². The molecular formula is C22H25FN4O2S. The van der Waals surface area contributed by atoms with Crippen LogP contribution < -0.4 is 15.4 Å². The van der Waals surface area contributed by atoms with Gasteiger partial charge in [0, 0.05) is 36.1 Å². The molecule has 0 aliphatic carbocycles. The predicted molar refractivity (Wildman–Crippen MR) is 117 cm³/mol. The van der Waals surface area contributed by atoms with Crippen LogP contribution in [0, 0.1) is 5.82 Å². The third kappa shape index (κ3) is 6.00. The van der Waals surface area contributed by atoms with Crippen molar-refractivity contribution in [3.8, 4) is 5.75 Å². The van der Waals surface area contributed by atoms with Gasteiger partial charge < -0.3 is 15.4 Å². The van der Waals surface area contributed by atoms with E-state index in [-0.39, 0.29) is 17.8 Å². The summed E-state index contributed by atoms with van der Waals surface area (Å²) in [4.78, 5) is 17.0. The van der Waals surface area contributed by atoms with E-state index in [1.54, 1.807) is 49.6 Å². The Balaban J connectivity index is 1.56. The fourth-order valence-corrected chi connectivity index (χ4v) is 3.60. The minimum Gasteiger partial charge on any atom is -0.497 e. The van der Waals surface area contributed by atoms with E-state index < -0.39 is 0 Å². The average molecular weight is 429 g/mol. The summed E-state index contributed by atoms with van der Waals surface area (Å²) >= 11 is 1.23. The van der Waals surface area contributed by atoms with Gasteiger partial charge in [-0.25, -0.2) is 9.37 Å². The van der Waals surface area contributed by atoms with Gasteiger partial charge in [0.05, 0.1) is 7.11 Å². The summed E-state index contributed by atoms with van der Waals surface area (Å²) < 4.78 is 23.2. The van der Waals surface area contributed by atoms with Gasteiger partial charge in [0.1, 0.15) is 17.4 Å². The summed E-state index contributed by atoms with van der Waals surface area (Å²) in [7, 11) is 1.59. The van der Waals surface area contributed by atoms with Crippen molar-refractivity contribution >= 4 is 22.6 Å². The lowest BCUT2D eigenvalue weighted by Crippen LogP contribution is -2.39. The minimum absolute atomic E-state index is 0.0523. The normalized spacial score (nSPS) is 11.7. The number of aromatic nitrogens is 2. The van der Waals surface area contributed by atoms with Gasteiger partial charge in [-0.05, 0) is 42.3 Å². The summed E-state index contributed by atoms with van der Waals surface area (Å²) in [5.41, 5.74) is 1.15. The van der Waals surface area contributed by atoms with E-state index in [0.717, 1.165) is 12.8 Å². The van der Waals surface area contributed by atoms with Gasteiger partial charge in [-0.15, -0.1) is 0 Å². The number of hydrogen-bond donors (Lipinski definition) is 2. The lowest BCUT2D eigenvalue weighted by molar-refractivity contribution is 0.0937. The van der Waals surface area contributed by atoms with E-state index in [4.69, 9.17) is 4.74 Å². The summed E-state index contributed by atoms with van der Waals surface area (Å²) in [6.45, 7) is 2.61. The number of carbonyl (C=O) groups is 1. The molecule has 0 radical (unpaired) electrons. The average Bonchev–Trinajstić information content (AvgIpc) is 3.21. The standard InChI is InChI=1S/C22H25FN4O2S/c1-3-6-17(25-21(28)15-9-11-18(29-2)12-10-15)14-24-22-26-20(27-30-22)13-16-7-4-5-8-19(16)23/h4-5,7-12,17H,3,6,13-14H2,1-2H3,(H,25,28)(H,24,26,27). The van der Waals surface area contributed by atoms with Crippen LogP contribution in [-0.4, -0.2) is 35.0 Å². The van der Waals surface area contributed by atoms with Crippen LogP contribution >= 0.6 is 11.5 Å². The first kappa shape index (κ1) is 21.7. The first-order valence-electron chi connectivity index (χ1n) is 9.83. The molecule has 1 aromatic heterocycles. The molecule has 2 N–H and O–H groups in total. The highest BCUT2D eigenvalue weighted by atomic mass is 32.1. The Morgan fingerprint density at radius 3 is 2.67 bits per heavy atom. The van der Waals surface area contributed by atoms with Crippen LogP contribution in [0.4, 0.5) is 9.52 Å². The van der Waals surface area contributed by atoms with Crippen LogP contribution in [0.25, 0.3) is 0 Å². The van der Waals surface area contributed by atoms with Crippen LogP contribution in [0.5, 0.6) is 5.75 Å². The molecule has 1 unspecified atom stereocenters. The van der Waals surface area contributed by atoms with E-state index in [1.807, 2.05) is 0 Å². The summed E-state index contributed by atoms with van der Waals surface area (Å²) in [6, 6.07) is 13.6. The van der Waals surface area contributed by atoms with Crippen molar-refractivity contribution < 1.29 is 13.9 Å². The number of ether oxygens (including phenoxy) is 1. The number of methoxy groups -OCH3 is 1. The molecule has 2 aromatic carbocycles. The van der Waals surface area contributed by atoms with Crippen molar-refractivity contribution in [2.45, 2.75) is 32.2 Å². The molecule has 1 heterocycles. The molecule has 0 aliphatic rings. The first-order valence-corrected chi connectivity index (χ1v) is 10.6. The highest BCUT2D eigenvalue weighted by molar-refractivity contribution is 7.09. The fraction of sp³-hybridized carbons (Fsp3) is 0.318. The van der Waals surface area contributed by atoms with E-state index in [9.17, 15) is 9.18 Å². The lowest BCUT2D eigenvalue weighted by Gasteiger charge is -2.18. The third-order valence-corrected chi connectivity index (χ3v) is 5.31. The summed E-state index contributed by atoms with van der Waals surface area (Å²) in [6.07, 6.45) is 2.11. The number of hydrogen-bond acceptors (Lipinski definition) is 6. The van der Waals surface area contributed by atoms with E-state index in [2.05, 4.69) is 26.9 Å². The van der Waals surface area contributed by atoms with E-state index in [1.165, 1.54) is 17.6 Å². The Bertz CT molecular complexity index is 962. The number of benzene rings is 2. The third-order valence-electron chi connectivity index (χ3n) is 4.60. The van der Waals surface area contributed by atoms with Crippen molar-refractivity contribution in [3.63, 3.8) is 0 Å². The topological polar surface area (TPSA) is 76.1 Å². The molecule has 30 heavy (non-hydrogen) atoms. The first-order chi connectivity index (χ1) is 14.6. The molecule has 0 saturated heterocycles. The van der Waals surface area contributed by atoms with Crippen molar-refractivity contribution in [2.75, 3.05) is 19.0 Å². The number of rotatable bonds is 10. The maximum absolute atomic E-state index is 13.8. The van der Waals surface area contributed by atoms with Gasteiger partial charge in [-0.2, -0.15) is 4.37 Å². The molecule has 0 fully saturated rings. The van der Waals surface area contributed by atoms with Crippen LogP contribution in [-0.2, 0) is 6.42 Å². The zero-order valence-corrected chi connectivity index (χ0v) is 17.8. The van der Waals surface area contributed by atoms with Crippen LogP contribution in [0.15, 0.2) is 48.5 Å². The van der Waals surface area contributed by atoms with E-state index in [0.29, 0.717) is 40.8 Å². The molecule has 0 bridgehead atoms. The van der Waals surface area contributed by atoms with E-state index >= 15 is 0 Å².